The van der Waals surface area contributed by atoms with E-state index in [4.69, 9.17) is 5.73 Å². The Morgan fingerprint density at radius 3 is 2.82 bits per heavy atom. The Hall–Kier alpha value is -1.67. The monoisotopic (exact) mass is 226 g/mol. The molecule has 0 unspecified atom stereocenters. The van der Waals surface area contributed by atoms with Crippen LogP contribution in [0.4, 0.5) is 0 Å². The van der Waals surface area contributed by atoms with Gasteiger partial charge in [-0.15, -0.1) is 0 Å². The first kappa shape index (κ1) is 11.8. The summed E-state index contributed by atoms with van der Waals surface area (Å²) in [6, 6.07) is 10.5. The summed E-state index contributed by atoms with van der Waals surface area (Å²) >= 11 is 0. The van der Waals surface area contributed by atoms with Gasteiger partial charge in [0.05, 0.1) is 5.52 Å². The zero-order valence-electron chi connectivity index (χ0n) is 10.4. The summed E-state index contributed by atoms with van der Waals surface area (Å²) in [5, 5.41) is 1.18. The van der Waals surface area contributed by atoms with Crippen LogP contribution in [-0.2, 0) is 0 Å². The Bertz CT molecular complexity index is 550. The fourth-order valence-electron chi connectivity index (χ4n) is 1.88. The first-order valence-electron chi connectivity index (χ1n) is 6.00. The molecule has 0 fully saturated rings. The van der Waals surface area contributed by atoms with E-state index < -0.39 is 0 Å². The number of benzene rings is 1. The lowest BCUT2D eigenvalue weighted by molar-refractivity contribution is 1.02. The quantitative estimate of drug-likeness (QED) is 0.872. The van der Waals surface area contributed by atoms with Gasteiger partial charge in [0.2, 0.25) is 0 Å². The first-order chi connectivity index (χ1) is 8.22. The van der Waals surface area contributed by atoms with Crippen LogP contribution < -0.4 is 5.73 Å². The van der Waals surface area contributed by atoms with Gasteiger partial charge in [0.15, 0.2) is 0 Å². The smallest absolute Gasteiger partial charge is 0.0705 e. The molecule has 0 saturated heterocycles. The van der Waals surface area contributed by atoms with Crippen molar-refractivity contribution in [1.82, 2.24) is 4.98 Å². The van der Waals surface area contributed by atoms with Crippen molar-refractivity contribution in [1.29, 1.82) is 0 Å². The van der Waals surface area contributed by atoms with Crippen molar-refractivity contribution in [2.24, 2.45) is 5.73 Å². The number of pyridine rings is 1. The lowest BCUT2D eigenvalue weighted by Gasteiger charge is -2.03. The third kappa shape index (κ3) is 2.71. The molecule has 0 spiro atoms. The molecule has 1 aromatic carbocycles. The minimum atomic E-state index is 0.626. The van der Waals surface area contributed by atoms with Crippen molar-refractivity contribution in [3.05, 3.63) is 47.2 Å². The van der Waals surface area contributed by atoms with Gasteiger partial charge in [-0.2, -0.15) is 0 Å². The van der Waals surface area contributed by atoms with E-state index in [1.165, 1.54) is 16.5 Å². The molecule has 0 aliphatic rings. The second-order valence-electron chi connectivity index (χ2n) is 4.27. The molecule has 0 aliphatic carbocycles. The van der Waals surface area contributed by atoms with E-state index in [9.17, 15) is 0 Å². The van der Waals surface area contributed by atoms with Crippen LogP contribution in [0.25, 0.3) is 17.0 Å². The number of rotatable bonds is 3. The highest BCUT2D eigenvalue weighted by molar-refractivity contribution is 5.81. The molecular weight excluding hydrogens is 208 g/mol. The van der Waals surface area contributed by atoms with Gasteiger partial charge in [0.25, 0.3) is 0 Å². The standard InChI is InChI=1S/C15H18N2/c1-3-12(10-16)8-13-5-7-15-14(9-13)6-4-11(2)17-15/h4-9H,3,10,16H2,1-2H3/b12-8-. The van der Waals surface area contributed by atoms with Crippen molar-refractivity contribution in [2.75, 3.05) is 6.54 Å². The van der Waals surface area contributed by atoms with Crippen LogP contribution in [0.5, 0.6) is 0 Å². The molecule has 2 heteroatoms. The topological polar surface area (TPSA) is 38.9 Å². The van der Waals surface area contributed by atoms with Crippen LogP contribution in [0, 0.1) is 6.92 Å². The molecule has 0 bridgehead atoms. The van der Waals surface area contributed by atoms with Crippen LogP contribution in [0.2, 0.25) is 0 Å². The summed E-state index contributed by atoms with van der Waals surface area (Å²) < 4.78 is 0. The van der Waals surface area contributed by atoms with Gasteiger partial charge in [0, 0.05) is 17.6 Å². The summed E-state index contributed by atoms with van der Waals surface area (Å²) in [6.07, 6.45) is 3.17. The van der Waals surface area contributed by atoms with E-state index in [1.54, 1.807) is 0 Å². The molecule has 0 amide bonds. The summed E-state index contributed by atoms with van der Waals surface area (Å²) in [7, 11) is 0. The number of hydrogen-bond donors (Lipinski definition) is 1. The Morgan fingerprint density at radius 1 is 1.29 bits per heavy atom. The molecule has 0 aliphatic heterocycles. The number of aromatic nitrogens is 1. The number of nitrogens with zero attached hydrogens (tertiary/aromatic N) is 1. The van der Waals surface area contributed by atoms with E-state index in [0.717, 1.165) is 17.6 Å². The predicted molar refractivity (Wildman–Crippen MR) is 73.8 cm³/mol. The second kappa shape index (κ2) is 5.11. The van der Waals surface area contributed by atoms with Crippen LogP contribution in [-0.4, -0.2) is 11.5 Å². The van der Waals surface area contributed by atoms with Gasteiger partial charge in [-0.25, -0.2) is 0 Å². The minimum Gasteiger partial charge on any atom is -0.327 e. The van der Waals surface area contributed by atoms with Crippen molar-refractivity contribution in [3.63, 3.8) is 0 Å². The number of fused-ring (bicyclic) bond motifs is 1. The van der Waals surface area contributed by atoms with Gasteiger partial charge in [0.1, 0.15) is 0 Å². The SMILES string of the molecule is CC/C(=C/c1ccc2nc(C)ccc2c1)CN. The lowest BCUT2D eigenvalue weighted by Crippen LogP contribution is -2.01. The highest BCUT2D eigenvalue weighted by Crippen LogP contribution is 2.17. The van der Waals surface area contributed by atoms with E-state index in [2.05, 4.69) is 42.2 Å². The number of hydrogen-bond acceptors (Lipinski definition) is 2. The van der Waals surface area contributed by atoms with Crippen molar-refractivity contribution >= 4 is 17.0 Å². The van der Waals surface area contributed by atoms with Crippen molar-refractivity contribution in [2.45, 2.75) is 20.3 Å². The van der Waals surface area contributed by atoms with Crippen LogP contribution in [0.3, 0.4) is 0 Å². The zero-order valence-corrected chi connectivity index (χ0v) is 10.4. The van der Waals surface area contributed by atoms with Gasteiger partial charge >= 0.3 is 0 Å². The molecule has 0 radical (unpaired) electrons. The third-order valence-electron chi connectivity index (χ3n) is 2.94. The summed E-state index contributed by atoms with van der Waals surface area (Å²) in [5.41, 5.74) is 10.3. The van der Waals surface area contributed by atoms with E-state index in [1.807, 2.05) is 13.0 Å². The summed E-state index contributed by atoms with van der Waals surface area (Å²) in [5.74, 6) is 0. The van der Waals surface area contributed by atoms with Crippen molar-refractivity contribution < 1.29 is 0 Å². The molecule has 2 rings (SSSR count). The molecule has 2 N–H and O–H groups in total. The van der Waals surface area contributed by atoms with Crippen LogP contribution in [0.15, 0.2) is 35.9 Å². The average Bonchev–Trinajstić information content (AvgIpc) is 2.36. The van der Waals surface area contributed by atoms with E-state index in [0.29, 0.717) is 6.54 Å². The van der Waals surface area contributed by atoms with Crippen molar-refractivity contribution in [3.8, 4) is 0 Å². The molecule has 2 aromatic rings. The Kier molecular flexibility index (Phi) is 3.55. The minimum absolute atomic E-state index is 0.626. The van der Waals surface area contributed by atoms with Gasteiger partial charge in [-0.1, -0.05) is 30.7 Å². The molecule has 1 heterocycles. The Morgan fingerprint density at radius 2 is 2.12 bits per heavy atom. The molecular formula is C15H18N2. The highest BCUT2D eigenvalue weighted by atomic mass is 14.7. The fourth-order valence-corrected chi connectivity index (χ4v) is 1.88. The lowest BCUT2D eigenvalue weighted by atomic mass is 10.1. The van der Waals surface area contributed by atoms with Crippen LogP contribution in [0.1, 0.15) is 24.6 Å². The first-order valence-corrected chi connectivity index (χ1v) is 6.00. The molecule has 17 heavy (non-hydrogen) atoms. The zero-order chi connectivity index (χ0) is 12.3. The van der Waals surface area contributed by atoms with E-state index >= 15 is 0 Å². The fraction of sp³-hybridized carbons (Fsp3) is 0.267. The molecule has 1 aromatic heterocycles. The van der Waals surface area contributed by atoms with Crippen LogP contribution >= 0.6 is 0 Å². The Labute approximate surface area is 102 Å². The van der Waals surface area contributed by atoms with E-state index in [-0.39, 0.29) is 0 Å². The molecule has 88 valence electrons. The maximum absolute atomic E-state index is 5.68. The van der Waals surface area contributed by atoms with Gasteiger partial charge in [-0.3, -0.25) is 4.98 Å². The third-order valence-corrected chi connectivity index (χ3v) is 2.94. The Balaban J connectivity index is 2.44. The summed E-state index contributed by atoms with van der Waals surface area (Å²) in [4.78, 5) is 4.49. The largest absolute Gasteiger partial charge is 0.327 e. The predicted octanol–water partition coefficient (Wildman–Crippen LogP) is 3.30. The molecule has 0 saturated carbocycles. The number of aryl methyl sites for hydroxylation is 1. The highest BCUT2D eigenvalue weighted by Gasteiger charge is 1.98. The molecule has 2 nitrogen and oxygen atoms in total. The maximum atomic E-state index is 5.68. The summed E-state index contributed by atoms with van der Waals surface area (Å²) in [6.45, 7) is 4.77. The maximum Gasteiger partial charge on any atom is 0.0705 e. The molecule has 0 atom stereocenters. The second-order valence-corrected chi connectivity index (χ2v) is 4.27. The average molecular weight is 226 g/mol. The van der Waals surface area contributed by atoms with Gasteiger partial charge in [-0.05, 0) is 37.1 Å². The normalized spacial score (nSPS) is 12.1. The van der Waals surface area contributed by atoms with Gasteiger partial charge < -0.3 is 5.73 Å². The number of nitrogens with two attached hydrogens (primary N) is 1.